The van der Waals surface area contributed by atoms with Crippen molar-refractivity contribution in [3.8, 4) is 34.2 Å². The van der Waals surface area contributed by atoms with E-state index in [0.29, 0.717) is 0 Å². The van der Waals surface area contributed by atoms with Crippen LogP contribution in [0.1, 0.15) is 238 Å². The van der Waals surface area contributed by atoms with Crippen LogP contribution in [0.2, 0.25) is 0 Å². The van der Waals surface area contributed by atoms with E-state index < -0.39 is 0 Å². The van der Waals surface area contributed by atoms with Crippen molar-refractivity contribution in [2.75, 3.05) is 17.3 Å². The fourth-order valence-electron chi connectivity index (χ4n) is 9.11. The number of unbranched alkanes of at least 4 members (excludes halogenated alkanes) is 22. The molecule has 3 aromatic heterocycles. The lowest BCUT2D eigenvalue weighted by atomic mass is 10.1. The molecule has 0 unspecified atom stereocenters. The van der Waals surface area contributed by atoms with Gasteiger partial charge in [0.1, 0.15) is 0 Å². The molecule has 0 radical (unpaired) electrons. The summed E-state index contributed by atoms with van der Waals surface area (Å²) < 4.78 is 0. The average Bonchev–Trinajstić information content (AvgIpc) is 3.50. The second kappa shape index (κ2) is 45.6. The third kappa shape index (κ3) is 31.1. The molecule has 0 N–H and O–H groups in total. The number of rotatable bonds is 40. The summed E-state index contributed by atoms with van der Waals surface area (Å²) in [6.07, 6.45) is 52.4. The zero-order chi connectivity index (χ0) is 56.1. The molecule has 0 amide bonds. The van der Waals surface area contributed by atoms with E-state index >= 15 is 0 Å². The molecule has 0 atom stereocenters. The molecule has 3 heterocycles. The lowest BCUT2D eigenvalue weighted by molar-refractivity contribution is 0.627. The fraction of sp³-hybridized carbons (Fsp3) is 0.571. The van der Waals surface area contributed by atoms with E-state index in [1.165, 1.54) is 228 Å². The summed E-state index contributed by atoms with van der Waals surface area (Å²) in [4.78, 5) is 31.4. The Balaban J connectivity index is 0.000000256. The fourth-order valence-corrected chi connectivity index (χ4v) is 11.8. The Morgan fingerprint density at radius 1 is 0.241 bits per heavy atom. The standard InChI is InChI=1S/C25H38N2S.C23H34N2S.C22H32N2S/c1-3-5-7-9-11-13-19-28-24-17-15-23(16-18-24)25-26-20-22(21-27-25)14-12-10-8-6-4-2;1-3-5-7-8-9-11-17-26-22-15-13-21(14-16-22)23-24-18-20(19-25-23)12-10-6-4-2;1-3-5-7-8-9-10-16-25-21-14-12-20(13-15-21)22-23-17-19(18-24-22)11-6-4-2/h15-18,20-21H,3-14,19H2,1-2H3;13-16,18-19H,3-12,17H2,1-2H3;12-15,17-18H,3-11,16H2,1-2H3. The van der Waals surface area contributed by atoms with Crippen LogP contribution in [0.5, 0.6) is 0 Å². The van der Waals surface area contributed by atoms with Gasteiger partial charge >= 0.3 is 0 Å². The molecule has 0 aliphatic heterocycles. The van der Waals surface area contributed by atoms with Crippen LogP contribution in [-0.4, -0.2) is 47.2 Å². The molecule has 432 valence electrons. The molecule has 0 fully saturated rings. The molecule has 6 nitrogen and oxygen atoms in total. The molecular weight excluding hydrogens is 1020 g/mol. The Kier molecular flexibility index (Phi) is 38.9. The lowest BCUT2D eigenvalue weighted by Gasteiger charge is -2.05. The zero-order valence-electron chi connectivity index (χ0n) is 50.3. The Bertz CT molecular complexity index is 2320. The highest BCUT2D eigenvalue weighted by atomic mass is 32.2. The topological polar surface area (TPSA) is 77.3 Å². The number of hydrogen-bond acceptors (Lipinski definition) is 9. The lowest BCUT2D eigenvalue weighted by Crippen LogP contribution is -1.93. The van der Waals surface area contributed by atoms with Gasteiger partial charge in [0.05, 0.1) is 0 Å². The largest absolute Gasteiger partial charge is 0.236 e. The van der Waals surface area contributed by atoms with Gasteiger partial charge in [-0.15, -0.1) is 35.3 Å². The molecule has 6 aromatic rings. The summed E-state index contributed by atoms with van der Waals surface area (Å²) in [6.45, 7) is 13.5. The molecule has 0 aliphatic carbocycles. The Labute approximate surface area is 495 Å². The molecule has 79 heavy (non-hydrogen) atoms. The van der Waals surface area contributed by atoms with Gasteiger partial charge in [-0.2, -0.15) is 0 Å². The average molecular weight is 1130 g/mol. The second-order valence-corrected chi connectivity index (χ2v) is 24.9. The number of hydrogen-bond donors (Lipinski definition) is 0. The van der Waals surface area contributed by atoms with Crippen LogP contribution >= 0.6 is 35.3 Å². The maximum atomic E-state index is 4.59. The van der Waals surface area contributed by atoms with Gasteiger partial charge in [-0.25, -0.2) is 29.9 Å². The smallest absolute Gasteiger partial charge is 0.159 e. The van der Waals surface area contributed by atoms with Crippen LogP contribution in [0.15, 0.2) is 125 Å². The minimum Gasteiger partial charge on any atom is -0.236 e. The highest BCUT2D eigenvalue weighted by Crippen LogP contribution is 2.27. The summed E-state index contributed by atoms with van der Waals surface area (Å²) in [7, 11) is 0. The first-order chi connectivity index (χ1) is 39.0. The summed E-state index contributed by atoms with van der Waals surface area (Å²) in [5.41, 5.74) is 7.05. The van der Waals surface area contributed by atoms with E-state index in [9.17, 15) is 0 Å². The second-order valence-electron chi connectivity index (χ2n) is 21.4. The minimum atomic E-state index is 0.827. The zero-order valence-corrected chi connectivity index (χ0v) is 52.8. The minimum absolute atomic E-state index is 0.827. The molecule has 0 saturated carbocycles. The van der Waals surface area contributed by atoms with Crippen molar-refractivity contribution in [1.82, 2.24) is 29.9 Å². The van der Waals surface area contributed by atoms with Gasteiger partial charge in [-0.1, -0.05) is 219 Å². The number of benzene rings is 3. The van der Waals surface area contributed by atoms with Crippen molar-refractivity contribution in [2.24, 2.45) is 0 Å². The molecule has 0 saturated heterocycles. The predicted octanol–water partition coefficient (Wildman–Crippen LogP) is 22.4. The summed E-state index contributed by atoms with van der Waals surface area (Å²) in [6, 6.07) is 26.1. The highest BCUT2D eigenvalue weighted by molar-refractivity contribution is 7.99. The number of nitrogens with zero attached hydrogens (tertiary/aromatic N) is 6. The van der Waals surface area contributed by atoms with Crippen molar-refractivity contribution in [3.63, 3.8) is 0 Å². The first-order valence-corrected chi connectivity index (χ1v) is 34.6. The molecule has 3 aromatic carbocycles. The van der Waals surface area contributed by atoms with Crippen LogP contribution in [0.4, 0.5) is 0 Å². The van der Waals surface area contributed by atoms with Crippen LogP contribution in [-0.2, 0) is 19.3 Å². The van der Waals surface area contributed by atoms with Gasteiger partial charge in [0.25, 0.3) is 0 Å². The molecule has 0 bridgehead atoms. The third-order valence-corrected chi connectivity index (χ3v) is 17.5. The van der Waals surface area contributed by atoms with Gasteiger partial charge in [0, 0.05) is 68.6 Å². The Morgan fingerprint density at radius 2 is 0.456 bits per heavy atom. The Hall–Kier alpha value is -4.05. The number of aromatic nitrogens is 6. The van der Waals surface area contributed by atoms with Crippen LogP contribution < -0.4 is 0 Å². The quantitative estimate of drug-likeness (QED) is 0.0276. The number of aryl methyl sites for hydroxylation is 3. The van der Waals surface area contributed by atoms with Gasteiger partial charge in [-0.05, 0) is 128 Å². The first-order valence-electron chi connectivity index (χ1n) is 31.6. The summed E-state index contributed by atoms with van der Waals surface area (Å²) in [5.74, 6) is 6.14. The van der Waals surface area contributed by atoms with Crippen molar-refractivity contribution in [2.45, 2.75) is 255 Å². The van der Waals surface area contributed by atoms with Gasteiger partial charge < -0.3 is 0 Å². The van der Waals surface area contributed by atoms with Gasteiger partial charge in [0.15, 0.2) is 17.5 Å². The molecule has 0 spiro atoms. The van der Waals surface area contributed by atoms with Crippen LogP contribution in [0.3, 0.4) is 0 Å². The summed E-state index contributed by atoms with van der Waals surface area (Å²) in [5, 5.41) is 0. The van der Waals surface area contributed by atoms with Crippen molar-refractivity contribution in [3.05, 3.63) is 127 Å². The first kappa shape index (κ1) is 67.5. The molecule has 9 heteroatoms. The number of thioether (sulfide) groups is 3. The maximum Gasteiger partial charge on any atom is 0.159 e. The Morgan fingerprint density at radius 3 is 0.734 bits per heavy atom. The maximum absolute atomic E-state index is 4.59. The molecular formula is C70H104N6S3. The SMILES string of the molecule is CCCCCCCCSc1ccc(-c2ncc(CCCC)cn2)cc1.CCCCCCCCSc1ccc(-c2ncc(CCCCC)cn2)cc1.CCCCCCCCSc1ccc(-c2ncc(CCCCCCC)cn2)cc1. The summed E-state index contributed by atoms with van der Waals surface area (Å²) >= 11 is 5.88. The van der Waals surface area contributed by atoms with Crippen LogP contribution in [0.25, 0.3) is 34.2 Å². The normalized spacial score (nSPS) is 11.0. The predicted molar refractivity (Wildman–Crippen MR) is 349 cm³/mol. The van der Waals surface area contributed by atoms with E-state index in [1.54, 1.807) is 0 Å². The monoisotopic (exact) mass is 1120 g/mol. The highest BCUT2D eigenvalue weighted by Gasteiger charge is 2.07. The van der Waals surface area contributed by atoms with E-state index in [1.807, 2.05) is 72.5 Å². The third-order valence-electron chi connectivity index (χ3n) is 14.2. The van der Waals surface area contributed by atoms with Crippen molar-refractivity contribution >= 4 is 35.3 Å². The van der Waals surface area contributed by atoms with Crippen molar-refractivity contribution < 1.29 is 0 Å². The van der Waals surface area contributed by atoms with Gasteiger partial charge in [0.2, 0.25) is 0 Å². The molecule has 6 rings (SSSR count). The van der Waals surface area contributed by atoms with E-state index in [0.717, 1.165) is 53.4 Å². The van der Waals surface area contributed by atoms with Crippen LogP contribution in [0, 0.1) is 0 Å². The van der Waals surface area contributed by atoms with Crippen molar-refractivity contribution in [1.29, 1.82) is 0 Å². The van der Waals surface area contributed by atoms with Gasteiger partial charge in [-0.3, -0.25) is 0 Å². The van der Waals surface area contributed by atoms with E-state index in [4.69, 9.17) is 0 Å². The van der Waals surface area contributed by atoms with E-state index in [2.05, 4.69) is 144 Å². The molecule has 0 aliphatic rings. The van der Waals surface area contributed by atoms with E-state index in [-0.39, 0.29) is 0 Å².